The van der Waals surface area contributed by atoms with E-state index in [1.807, 2.05) is 0 Å². The van der Waals surface area contributed by atoms with Crippen LogP contribution in [0.3, 0.4) is 0 Å². The summed E-state index contributed by atoms with van der Waals surface area (Å²) in [5, 5.41) is 0. The third-order valence-corrected chi connectivity index (χ3v) is 7.80. The zero-order valence-corrected chi connectivity index (χ0v) is 17.0. The molecule has 0 aliphatic heterocycles. The number of halogens is 1. The van der Waals surface area contributed by atoms with Crippen molar-refractivity contribution in [3.05, 3.63) is 59.9 Å². The average Bonchev–Trinajstić information content (AvgIpc) is 2.62. The van der Waals surface area contributed by atoms with Gasteiger partial charge in [-0.25, -0.2) is 25.9 Å². The molecule has 1 N–H and O–H groups in total. The molecule has 0 saturated carbocycles. The molecule has 9 heteroatoms. The van der Waals surface area contributed by atoms with Crippen LogP contribution in [0.25, 0.3) is 0 Å². The molecule has 148 valence electrons. The van der Waals surface area contributed by atoms with Gasteiger partial charge in [-0.3, -0.25) is 0 Å². The molecule has 2 aromatic rings. The third kappa shape index (κ3) is 4.92. The van der Waals surface area contributed by atoms with E-state index < -0.39 is 31.9 Å². The summed E-state index contributed by atoms with van der Waals surface area (Å²) in [5.74, 6) is -0.404. The van der Waals surface area contributed by atoms with Crippen molar-refractivity contribution in [2.45, 2.75) is 36.6 Å². The highest BCUT2D eigenvalue weighted by atomic mass is 32.2. The van der Waals surface area contributed by atoms with Crippen LogP contribution in [0.4, 0.5) is 4.39 Å². The van der Waals surface area contributed by atoms with Crippen LogP contribution in [0.2, 0.25) is 0 Å². The largest absolute Gasteiger partial charge is 0.243 e. The van der Waals surface area contributed by atoms with Gasteiger partial charge in [0.15, 0.2) is 0 Å². The van der Waals surface area contributed by atoms with Gasteiger partial charge in [-0.2, -0.15) is 4.31 Å². The van der Waals surface area contributed by atoms with Crippen molar-refractivity contribution < 1.29 is 21.2 Å². The van der Waals surface area contributed by atoms with Crippen molar-refractivity contribution >= 4 is 20.0 Å². The van der Waals surface area contributed by atoms with E-state index in [-0.39, 0.29) is 9.79 Å². The molecule has 0 aliphatic rings. The van der Waals surface area contributed by atoms with Crippen LogP contribution >= 0.6 is 0 Å². The fourth-order valence-corrected chi connectivity index (χ4v) is 5.31. The van der Waals surface area contributed by atoms with Crippen LogP contribution < -0.4 is 4.72 Å². The van der Waals surface area contributed by atoms with Gasteiger partial charge >= 0.3 is 0 Å². The number of rotatable bonds is 8. The SMILES string of the molecule is CCN(CC)S(=O)(=O)c1ccc(S(=O)(=O)N[C@H](C)c2ccc(F)cc2)cc1. The minimum atomic E-state index is -3.86. The molecule has 0 saturated heterocycles. The van der Waals surface area contributed by atoms with Crippen LogP contribution in [0.15, 0.2) is 58.3 Å². The lowest BCUT2D eigenvalue weighted by Crippen LogP contribution is -2.30. The fraction of sp³-hybridized carbons (Fsp3) is 0.333. The normalized spacial score (nSPS) is 13.7. The summed E-state index contributed by atoms with van der Waals surface area (Å²) in [6, 6.07) is 10.0. The lowest BCUT2D eigenvalue weighted by molar-refractivity contribution is 0.445. The van der Waals surface area contributed by atoms with Gasteiger partial charge in [-0.15, -0.1) is 0 Å². The Morgan fingerprint density at radius 2 is 1.37 bits per heavy atom. The number of benzene rings is 2. The average molecular weight is 415 g/mol. The second-order valence-corrected chi connectivity index (χ2v) is 9.61. The molecule has 0 unspecified atom stereocenters. The molecular formula is C18H23FN2O4S2. The first-order chi connectivity index (χ1) is 12.6. The molecule has 0 aromatic heterocycles. The van der Waals surface area contributed by atoms with E-state index in [1.165, 1.54) is 52.8 Å². The number of nitrogens with one attached hydrogen (secondary N) is 1. The van der Waals surface area contributed by atoms with Crippen LogP contribution in [0.5, 0.6) is 0 Å². The first kappa shape index (κ1) is 21.5. The molecule has 2 aromatic carbocycles. The Balaban J connectivity index is 2.23. The van der Waals surface area contributed by atoms with Crippen molar-refractivity contribution in [2.75, 3.05) is 13.1 Å². The topological polar surface area (TPSA) is 83.6 Å². The smallest absolute Gasteiger partial charge is 0.207 e. The van der Waals surface area contributed by atoms with Crippen LogP contribution in [-0.2, 0) is 20.0 Å². The molecule has 0 heterocycles. The maximum absolute atomic E-state index is 13.0. The summed E-state index contributed by atoms with van der Waals surface area (Å²) in [5.41, 5.74) is 0.612. The van der Waals surface area contributed by atoms with E-state index in [0.717, 1.165) is 0 Å². The van der Waals surface area contributed by atoms with E-state index in [1.54, 1.807) is 20.8 Å². The highest BCUT2D eigenvalue weighted by Gasteiger charge is 2.23. The minimum Gasteiger partial charge on any atom is -0.207 e. The van der Waals surface area contributed by atoms with Crippen LogP contribution in [-0.4, -0.2) is 34.2 Å². The lowest BCUT2D eigenvalue weighted by atomic mass is 10.1. The summed E-state index contributed by atoms with van der Waals surface area (Å²) in [6.45, 7) is 5.77. The van der Waals surface area contributed by atoms with Gasteiger partial charge in [0.1, 0.15) is 5.82 Å². The Labute approximate surface area is 160 Å². The number of sulfonamides is 2. The van der Waals surface area contributed by atoms with Gasteiger partial charge in [0.05, 0.1) is 9.79 Å². The first-order valence-electron chi connectivity index (χ1n) is 8.49. The van der Waals surface area contributed by atoms with E-state index in [2.05, 4.69) is 4.72 Å². The van der Waals surface area contributed by atoms with Gasteiger partial charge in [0, 0.05) is 19.1 Å². The van der Waals surface area contributed by atoms with Crippen molar-refractivity contribution in [1.82, 2.24) is 9.03 Å². The van der Waals surface area contributed by atoms with Gasteiger partial charge in [0.2, 0.25) is 20.0 Å². The Hall–Kier alpha value is -1.81. The summed E-state index contributed by atoms with van der Waals surface area (Å²) in [7, 11) is -7.51. The molecular weight excluding hydrogens is 391 g/mol. The van der Waals surface area contributed by atoms with Gasteiger partial charge in [-0.1, -0.05) is 26.0 Å². The second kappa shape index (κ2) is 8.47. The Morgan fingerprint density at radius 3 is 1.85 bits per heavy atom. The number of hydrogen-bond acceptors (Lipinski definition) is 4. The second-order valence-electron chi connectivity index (χ2n) is 5.96. The highest BCUT2D eigenvalue weighted by Crippen LogP contribution is 2.21. The van der Waals surface area contributed by atoms with Gasteiger partial charge < -0.3 is 0 Å². The molecule has 0 bridgehead atoms. The predicted octanol–water partition coefficient (Wildman–Crippen LogP) is 2.90. The molecule has 1 atom stereocenters. The number of hydrogen-bond donors (Lipinski definition) is 1. The quantitative estimate of drug-likeness (QED) is 0.720. The molecule has 0 aliphatic carbocycles. The number of nitrogens with zero attached hydrogens (tertiary/aromatic N) is 1. The zero-order chi connectivity index (χ0) is 20.2. The molecule has 0 spiro atoms. The van der Waals surface area contributed by atoms with Crippen molar-refractivity contribution in [3.63, 3.8) is 0 Å². The Morgan fingerprint density at radius 1 is 0.889 bits per heavy atom. The third-order valence-electron chi connectivity index (χ3n) is 4.18. The summed E-state index contributed by atoms with van der Waals surface area (Å²) in [4.78, 5) is -0.00769. The lowest BCUT2D eigenvalue weighted by Gasteiger charge is -2.19. The van der Waals surface area contributed by atoms with Crippen molar-refractivity contribution in [3.8, 4) is 0 Å². The minimum absolute atomic E-state index is 0.0386. The Kier molecular flexibility index (Phi) is 6.74. The van der Waals surface area contributed by atoms with E-state index in [4.69, 9.17) is 0 Å². The summed E-state index contributed by atoms with van der Waals surface area (Å²) < 4.78 is 66.8. The van der Waals surface area contributed by atoms with E-state index >= 15 is 0 Å². The molecule has 27 heavy (non-hydrogen) atoms. The molecule has 2 rings (SSSR count). The van der Waals surface area contributed by atoms with Crippen molar-refractivity contribution in [1.29, 1.82) is 0 Å². The van der Waals surface area contributed by atoms with Gasteiger partial charge in [0.25, 0.3) is 0 Å². The van der Waals surface area contributed by atoms with E-state index in [0.29, 0.717) is 18.7 Å². The fourth-order valence-electron chi connectivity index (χ4n) is 2.62. The van der Waals surface area contributed by atoms with Crippen molar-refractivity contribution in [2.24, 2.45) is 0 Å². The monoisotopic (exact) mass is 414 g/mol. The van der Waals surface area contributed by atoms with E-state index in [9.17, 15) is 21.2 Å². The predicted molar refractivity (Wildman–Crippen MR) is 102 cm³/mol. The zero-order valence-electron chi connectivity index (χ0n) is 15.4. The first-order valence-corrected chi connectivity index (χ1v) is 11.4. The molecule has 0 fully saturated rings. The summed E-state index contributed by atoms with van der Waals surface area (Å²) in [6.07, 6.45) is 0. The van der Waals surface area contributed by atoms with Crippen LogP contribution in [0.1, 0.15) is 32.4 Å². The standard InChI is InChI=1S/C18H23FN2O4S2/c1-4-21(5-2)27(24,25)18-12-10-17(11-13-18)26(22,23)20-14(3)15-6-8-16(19)9-7-15/h6-14,20H,4-5H2,1-3H3/t14-/m1/s1. The van der Waals surface area contributed by atoms with Crippen LogP contribution in [0, 0.1) is 5.82 Å². The molecule has 0 amide bonds. The van der Waals surface area contributed by atoms with Gasteiger partial charge in [-0.05, 0) is 48.9 Å². The maximum atomic E-state index is 13.0. The molecule has 0 radical (unpaired) electrons. The Bertz CT molecular complexity index is 969. The molecule has 6 nitrogen and oxygen atoms in total. The summed E-state index contributed by atoms with van der Waals surface area (Å²) >= 11 is 0. The maximum Gasteiger partial charge on any atom is 0.243 e. The highest BCUT2D eigenvalue weighted by molar-refractivity contribution is 7.89.